The third-order valence-electron chi connectivity index (χ3n) is 11.3. The minimum atomic E-state index is -0.173. The van der Waals surface area contributed by atoms with Gasteiger partial charge in [-0.2, -0.15) is 0 Å². The summed E-state index contributed by atoms with van der Waals surface area (Å²) in [7, 11) is 0. The molecule has 0 amide bonds. The van der Waals surface area contributed by atoms with Gasteiger partial charge in [0.15, 0.2) is 0 Å². The molecule has 0 atom stereocenters. The standard InChI is InChI=1S/C46H37BN2O/c1-26-14-9-15-27(2)38(26)40-35-23-12-22-33-32-21-13-24-36-41(32)47(49(43(33)35)45(40)39-28(3)16-10-17-29(39)4)46-44(34-20-7-8-25-37(34)50-46)48(36)42-30(5)18-11-19-31(42)6/h7-25H,1-6H3. The van der Waals surface area contributed by atoms with Crippen molar-refractivity contribution < 1.29 is 4.42 Å². The lowest BCUT2D eigenvalue weighted by molar-refractivity contribution is 0.649. The van der Waals surface area contributed by atoms with Gasteiger partial charge in [-0.3, -0.25) is 0 Å². The van der Waals surface area contributed by atoms with Crippen molar-refractivity contribution in [3.8, 4) is 33.5 Å². The van der Waals surface area contributed by atoms with Gasteiger partial charge in [0, 0.05) is 44.4 Å². The average Bonchev–Trinajstić information content (AvgIpc) is 3.64. The molecule has 2 aliphatic heterocycles. The lowest BCUT2D eigenvalue weighted by atomic mass is 9.47. The Bertz CT molecular complexity index is 2680. The zero-order chi connectivity index (χ0) is 34.0. The highest BCUT2D eigenvalue weighted by molar-refractivity contribution is 6.89. The molecule has 8 aromatic rings. The van der Waals surface area contributed by atoms with Crippen LogP contribution in [0.25, 0.3) is 55.4 Å². The van der Waals surface area contributed by atoms with E-state index in [0.717, 1.165) is 22.3 Å². The maximum absolute atomic E-state index is 7.17. The summed E-state index contributed by atoms with van der Waals surface area (Å²) in [5, 5.41) is 2.41. The molecule has 4 heterocycles. The monoisotopic (exact) mass is 644 g/mol. The van der Waals surface area contributed by atoms with Crippen LogP contribution >= 0.6 is 0 Å². The number of para-hydroxylation sites is 3. The number of furan rings is 1. The van der Waals surface area contributed by atoms with E-state index in [-0.39, 0.29) is 6.85 Å². The predicted octanol–water partition coefficient (Wildman–Crippen LogP) is 11.0. The number of benzene rings is 6. The molecule has 0 spiro atoms. The molecule has 0 aliphatic carbocycles. The highest BCUT2D eigenvalue weighted by atomic mass is 16.3. The van der Waals surface area contributed by atoms with Gasteiger partial charge in [0.1, 0.15) is 11.2 Å². The van der Waals surface area contributed by atoms with Crippen molar-refractivity contribution in [1.29, 1.82) is 0 Å². The maximum Gasteiger partial charge on any atom is 0.376 e. The third-order valence-corrected chi connectivity index (χ3v) is 11.3. The van der Waals surface area contributed by atoms with Crippen LogP contribution in [0.4, 0.5) is 17.1 Å². The van der Waals surface area contributed by atoms with Gasteiger partial charge in [-0.25, -0.2) is 0 Å². The number of fused-ring (bicyclic) bond motifs is 6. The van der Waals surface area contributed by atoms with E-state index in [1.165, 1.54) is 94.6 Å². The molecule has 4 heteroatoms. The molecule has 0 unspecified atom stereocenters. The molecule has 0 saturated heterocycles. The Labute approximate surface area is 293 Å². The second-order valence-corrected chi connectivity index (χ2v) is 14.4. The van der Waals surface area contributed by atoms with E-state index < -0.39 is 0 Å². The molecular weight excluding hydrogens is 607 g/mol. The molecular formula is C46H37BN2O. The molecule has 50 heavy (non-hydrogen) atoms. The van der Waals surface area contributed by atoms with Crippen molar-refractivity contribution in [2.75, 3.05) is 4.90 Å². The zero-order valence-corrected chi connectivity index (χ0v) is 29.3. The highest BCUT2D eigenvalue weighted by Crippen LogP contribution is 2.52. The fourth-order valence-corrected chi connectivity index (χ4v) is 9.36. The number of anilines is 3. The van der Waals surface area contributed by atoms with Crippen molar-refractivity contribution in [2.45, 2.75) is 41.5 Å². The Morgan fingerprint density at radius 2 is 1.04 bits per heavy atom. The van der Waals surface area contributed by atoms with E-state index in [4.69, 9.17) is 4.42 Å². The van der Waals surface area contributed by atoms with Crippen molar-refractivity contribution in [2.24, 2.45) is 0 Å². The van der Waals surface area contributed by atoms with E-state index in [2.05, 4.69) is 166 Å². The number of aromatic nitrogens is 1. The summed E-state index contributed by atoms with van der Waals surface area (Å²) in [6.45, 7) is 13.3. The van der Waals surface area contributed by atoms with Gasteiger partial charge in [-0.1, -0.05) is 97.1 Å². The first-order chi connectivity index (χ1) is 24.3. The molecule has 2 aliphatic rings. The molecule has 0 radical (unpaired) electrons. The number of hydrogen-bond acceptors (Lipinski definition) is 2. The first-order valence-corrected chi connectivity index (χ1v) is 17.7. The fraction of sp³-hybridized carbons (Fsp3) is 0.130. The highest BCUT2D eigenvalue weighted by Gasteiger charge is 2.47. The summed E-state index contributed by atoms with van der Waals surface area (Å²) in [5.41, 5.74) is 23.3. The van der Waals surface area contributed by atoms with Gasteiger partial charge in [-0.05, 0) is 110 Å². The van der Waals surface area contributed by atoms with Crippen LogP contribution in [0.5, 0.6) is 0 Å². The molecule has 0 saturated carbocycles. The van der Waals surface area contributed by atoms with Crippen molar-refractivity contribution in [3.05, 3.63) is 149 Å². The second-order valence-electron chi connectivity index (χ2n) is 14.4. The van der Waals surface area contributed by atoms with E-state index in [1.807, 2.05) is 0 Å². The lowest BCUT2D eigenvalue weighted by Gasteiger charge is -2.39. The number of nitrogens with zero attached hydrogens (tertiary/aromatic N) is 2. The normalized spacial score (nSPS) is 12.9. The summed E-state index contributed by atoms with van der Waals surface area (Å²) < 4.78 is 9.83. The minimum absolute atomic E-state index is 0.173. The van der Waals surface area contributed by atoms with Crippen molar-refractivity contribution >= 4 is 56.9 Å². The van der Waals surface area contributed by atoms with Crippen LogP contribution in [0.15, 0.2) is 120 Å². The van der Waals surface area contributed by atoms with E-state index in [0.29, 0.717) is 0 Å². The molecule has 6 aromatic carbocycles. The number of rotatable bonds is 3. The maximum atomic E-state index is 7.17. The van der Waals surface area contributed by atoms with Crippen molar-refractivity contribution in [3.63, 3.8) is 0 Å². The summed E-state index contributed by atoms with van der Waals surface area (Å²) in [4.78, 5) is 2.50. The predicted molar refractivity (Wildman–Crippen MR) is 212 cm³/mol. The van der Waals surface area contributed by atoms with Crippen LogP contribution < -0.4 is 16.0 Å². The SMILES string of the molecule is Cc1cccc(C)c1-c1c(-c2c(C)cccc2C)n2c3c(cccc13)-c1cccc3c1B2c1oc2ccccc2c1N3c1c(C)cccc1C. The largest absolute Gasteiger partial charge is 0.466 e. The lowest BCUT2D eigenvalue weighted by Crippen LogP contribution is -2.56. The summed E-state index contributed by atoms with van der Waals surface area (Å²) in [6, 6.07) is 42.4. The Morgan fingerprint density at radius 3 is 1.74 bits per heavy atom. The van der Waals surface area contributed by atoms with Crippen LogP contribution in [0, 0.1) is 41.5 Å². The Morgan fingerprint density at radius 1 is 0.480 bits per heavy atom. The van der Waals surface area contributed by atoms with E-state index in [1.54, 1.807) is 0 Å². The van der Waals surface area contributed by atoms with Gasteiger partial charge in [0.2, 0.25) is 0 Å². The first-order valence-electron chi connectivity index (χ1n) is 17.7. The summed E-state index contributed by atoms with van der Waals surface area (Å²) >= 11 is 0. The summed E-state index contributed by atoms with van der Waals surface area (Å²) in [5.74, 6) is 0. The van der Waals surface area contributed by atoms with Gasteiger partial charge < -0.3 is 13.8 Å². The van der Waals surface area contributed by atoms with Crippen LogP contribution in [0.3, 0.4) is 0 Å². The van der Waals surface area contributed by atoms with Crippen LogP contribution in [0.1, 0.15) is 33.4 Å². The molecule has 0 N–H and O–H groups in total. The van der Waals surface area contributed by atoms with E-state index in [9.17, 15) is 0 Å². The first kappa shape index (κ1) is 29.2. The van der Waals surface area contributed by atoms with Crippen LogP contribution in [0.2, 0.25) is 0 Å². The molecule has 3 nitrogen and oxygen atoms in total. The van der Waals surface area contributed by atoms with Crippen LogP contribution in [-0.4, -0.2) is 11.3 Å². The smallest absolute Gasteiger partial charge is 0.376 e. The molecule has 0 bridgehead atoms. The molecule has 10 rings (SSSR count). The average molecular weight is 645 g/mol. The fourth-order valence-electron chi connectivity index (χ4n) is 9.36. The van der Waals surface area contributed by atoms with Crippen molar-refractivity contribution in [1.82, 2.24) is 4.48 Å². The number of hydrogen-bond donors (Lipinski definition) is 0. The van der Waals surface area contributed by atoms with Gasteiger partial charge in [-0.15, -0.1) is 0 Å². The Balaban J connectivity index is 1.44. The van der Waals surface area contributed by atoms with Gasteiger partial charge in [0.05, 0.1) is 11.4 Å². The quantitative estimate of drug-likeness (QED) is 0.179. The Kier molecular flexibility index (Phi) is 6.07. The van der Waals surface area contributed by atoms with Gasteiger partial charge in [0.25, 0.3) is 0 Å². The zero-order valence-electron chi connectivity index (χ0n) is 29.3. The second kappa shape index (κ2) is 10.4. The molecule has 0 fully saturated rings. The van der Waals surface area contributed by atoms with E-state index >= 15 is 0 Å². The van der Waals surface area contributed by atoms with Gasteiger partial charge >= 0.3 is 6.85 Å². The molecule has 240 valence electrons. The molecule has 2 aromatic heterocycles. The topological polar surface area (TPSA) is 21.3 Å². The Hall–Kier alpha value is -5.74. The third kappa shape index (κ3) is 3.71. The minimum Gasteiger partial charge on any atom is -0.466 e. The summed E-state index contributed by atoms with van der Waals surface area (Å²) in [6.07, 6.45) is 0. The van der Waals surface area contributed by atoms with Crippen LogP contribution in [-0.2, 0) is 0 Å². The number of aryl methyl sites for hydroxylation is 6.